The van der Waals surface area contributed by atoms with Gasteiger partial charge < -0.3 is 10.1 Å². The van der Waals surface area contributed by atoms with Crippen molar-refractivity contribution in [2.24, 2.45) is 0 Å². The lowest BCUT2D eigenvalue weighted by atomic mass is 10.2. The molecule has 1 heterocycles. The molecule has 0 aliphatic rings. The van der Waals surface area contributed by atoms with E-state index in [0.29, 0.717) is 21.5 Å². The molecule has 0 bridgehead atoms. The van der Waals surface area contributed by atoms with Gasteiger partial charge in [0.05, 0.1) is 22.8 Å². The first-order valence-electron chi connectivity index (χ1n) is 5.24. The maximum absolute atomic E-state index is 11.6. The molecule has 1 N–H and O–H groups in total. The van der Waals surface area contributed by atoms with Crippen LogP contribution in [0.4, 0.5) is 11.5 Å². The highest BCUT2D eigenvalue weighted by molar-refractivity contribution is 9.10. The third-order valence-electron chi connectivity index (χ3n) is 2.30. The van der Waals surface area contributed by atoms with Crippen molar-refractivity contribution in [3.63, 3.8) is 0 Å². The van der Waals surface area contributed by atoms with Crippen molar-refractivity contribution in [1.29, 1.82) is 0 Å². The van der Waals surface area contributed by atoms with Gasteiger partial charge in [-0.3, -0.25) is 0 Å². The summed E-state index contributed by atoms with van der Waals surface area (Å²) in [7, 11) is 1.33. The molecule has 98 valence electrons. The van der Waals surface area contributed by atoms with Crippen molar-refractivity contribution < 1.29 is 9.53 Å². The van der Waals surface area contributed by atoms with Crippen LogP contribution in [0.15, 0.2) is 34.9 Å². The average molecular weight is 343 g/mol. The number of nitrogens with one attached hydrogen (secondary N) is 1. The molecule has 0 aliphatic heterocycles. The number of carbonyl (C=O) groups is 1. The topological polar surface area (TPSA) is 64.1 Å². The Hall–Kier alpha value is -1.66. The highest BCUT2D eigenvalue weighted by Gasteiger charge is 2.13. The second-order valence-corrected chi connectivity index (χ2v) is 4.69. The molecule has 2 rings (SSSR count). The molecule has 1 aromatic carbocycles. The maximum atomic E-state index is 11.6. The van der Waals surface area contributed by atoms with Crippen LogP contribution >= 0.6 is 27.5 Å². The largest absolute Gasteiger partial charge is 0.465 e. The molecule has 0 spiro atoms. The fraction of sp³-hybridized carbons (Fsp3) is 0.0833. The Labute approximate surface area is 123 Å². The number of carbonyl (C=O) groups excluding carboxylic acids is 1. The van der Waals surface area contributed by atoms with Gasteiger partial charge in [-0.2, -0.15) is 4.98 Å². The Morgan fingerprint density at radius 3 is 2.89 bits per heavy atom. The van der Waals surface area contributed by atoms with Crippen LogP contribution in [0.5, 0.6) is 0 Å². The van der Waals surface area contributed by atoms with E-state index in [9.17, 15) is 4.79 Å². The molecule has 7 heteroatoms. The number of benzene rings is 1. The minimum absolute atomic E-state index is 0.112. The minimum atomic E-state index is -0.431. The van der Waals surface area contributed by atoms with Gasteiger partial charge >= 0.3 is 5.97 Å². The summed E-state index contributed by atoms with van der Waals surface area (Å²) in [6.07, 6.45) is 1.53. The Morgan fingerprint density at radius 2 is 2.16 bits per heavy atom. The van der Waals surface area contributed by atoms with Gasteiger partial charge in [0.15, 0.2) is 0 Å². The summed E-state index contributed by atoms with van der Waals surface area (Å²) in [5.41, 5.74) is 0.983. The number of aromatic nitrogens is 2. The molecule has 0 unspecified atom stereocenters. The van der Waals surface area contributed by atoms with Gasteiger partial charge in [0.2, 0.25) is 5.28 Å². The number of anilines is 2. The Balaban J connectivity index is 2.38. The number of nitrogens with zero attached hydrogens (tertiary/aromatic N) is 2. The summed E-state index contributed by atoms with van der Waals surface area (Å²) in [4.78, 5) is 19.5. The molecule has 0 atom stereocenters. The standard InChI is InChI=1S/C12H9BrClN3O2/c1-19-11(18)7-4-2-3-5-9(7)16-10-8(13)6-15-12(14)17-10/h2-6H,1H3,(H,15,16,17). The lowest BCUT2D eigenvalue weighted by molar-refractivity contribution is 0.0602. The number of methoxy groups -OCH3 is 1. The molecular weight excluding hydrogens is 334 g/mol. The van der Waals surface area contributed by atoms with Crippen LogP contribution in [-0.4, -0.2) is 23.0 Å². The van der Waals surface area contributed by atoms with Gasteiger partial charge in [-0.05, 0) is 39.7 Å². The molecule has 0 saturated heterocycles. The Kier molecular flexibility index (Phi) is 4.34. The quantitative estimate of drug-likeness (QED) is 0.684. The van der Waals surface area contributed by atoms with Crippen LogP contribution in [0.3, 0.4) is 0 Å². The predicted molar refractivity (Wildman–Crippen MR) is 75.8 cm³/mol. The molecule has 1 aromatic heterocycles. The Morgan fingerprint density at radius 1 is 1.42 bits per heavy atom. The van der Waals surface area contributed by atoms with Crippen LogP contribution < -0.4 is 5.32 Å². The van der Waals surface area contributed by atoms with Gasteiger partial charge in [-0.15, -0.1) is 0 Å². The molecule has 0 fully saturated rings. The van der Waals surface area contributed by atoms with E-state index in [-0.39, 0.29) is 5.28 Å². The maximum Gasteiger partial charge on any atom is 0.339 e. The van der Waals surface area contributed by atoms with Crippen molar-refractivity contribution >= 4 is 45.0 Å². The van der Waals surface area contributed by atoms with Crippen LogP contribution in [0, 0.1) is 0 Å². The number of ether oxygens (including phenoxy) is 1. The number of rotatable bonds is 3. The van der Waals surface area contributed by atoms with Crippen LogP contribution in [0.1, 0.15) is 10.4 Å². The molecule has 0 amide bonds. The van der Waals surface area contributed by atoms with Crippen molar-refractivity contribution in [3.05, 3.63) is 45.8 Å². The van der Waals surface area contributed by atoms with E-state index in [1.807, 2.05) is 0 Å². The molecule has 0 saturated carbocycles. The molecule has 0 aliphatic carbocycles. The SMILES string of the molecule is COC(=O)c1ccccc1Nc1nc(Cl)ncc1Br. The highest BCUT2D eigenvalue weighted by Crippen LogP contribution is 2.26. The predicted octanol–water partition coefficient (Wildman–Crippen LogP) is 3.42. The molecule has 2 aromatic rings. The first kappa shape index (κ1) is 13.8. The van der Waals surface area contributed by atoms with E-state index in [1.165, 1.54) is 13.3 Å². The number of halogens is 2. The molecule has 19 heavy (non-hydrogen) atoms. The van der Waals surface area contributed by atoms with Crippen molar-refractivity contribution in [3.8, 4) is 0 Å². The first-order chi connectivity index (χ1) is 9.11. The van der Waals surface area contributed by atoms with Crippen LogP contribution in [0.2, 0.25) is 5.28 Å². The lowest BCUT2D eigenvalue weighted by Crippen LogP contribution is -2.06. The highest BCUT2D eigenvalue weighted by atomic mass is 79.9. The van der Waals surface area contributed by atoms with Gasteiger partial charge in [-0.25, -0.2) is 9.78 Å². The Bertz CT molecular complexity index is 622. The molecule has 0 radical (unpaired) electrons. The number of hydrogen-bond acceptors (Lipinski definition) is 5. The van der Waals surface area contributed by atoms with Gasteiger partial charge in [-0.1, -0.05) is 12.1 Å². The summed E-state index contributed by atoms with van der Waals surface area (Å²) in [5.74, 6) is 0.0377. The zero-order valence-corrected chi connectivity index (χ0v) is 12.2. The fourth-order valence-corrected chi connectivity index (χ4v) is 1.86. The summed E-state index contributed by atoms with van der Waals surface area (Å²) in [6, 6.07) is 6.95. The minimum Gasteiger partial charge on any atom is -0.465 e. The molecular formula is C12H9BrClN3O2. The van der Waals surface area contributed by atoms with Crippen LogP contribution in [0.25, 0.3) is 0 Å². The number of para-hydroxylation sites is 1. The summed E-state index contributed by atoms with van der Waals surface area (Å²) in [6.45, 7) is 0. The second kappa shape index (κ2) is 5.99. The van der Waals surface area contributed by atoms with Crippen molar-refractivity contribution in [2.75, 3.05) is 12.4 Å². The smallest absolute Gasteiger partial charge is 0.339 e. The van der Waals surface area contributed by atoms with Gasteiger partial charge in [0, 0.05) is 6.20 Å². The van der Waals surface area contributed by atoms with Crippen molar-refractivity contribution in [2.45, 2.75) is 0 Å². The lowest BCUT2D eigenvalue weighted by Gasteiger charge is -2.11. The van der Waals surface area contributed by atoms with Crippen LogP contribution in [-0.2, 0) is 4.74 Å². The van der Waals surface area contributed by atoms with E-state index < -0.39 is 5.97 Å². The summed E-state index contributed by atoms with van der Waals surface area (Å²) in [5, 5.41) is 3.13. The number of esters is 1. The van der Waals surface area contributed by atoms with Gasteiger partial charge in [0.1, 0.15) is 5.82 Å². The van der Waals surface area contributed by atoms with E-state index >= 15 is 0 Å². The average Bonchev–Trinajstić information content (AvgIpc) is 2.42. The first-order valence-corrected chi connectivity index (χ1v) is 6.41. The fourth-order valence-electron chi connectivity index (χ4n) is 1.44. The summed E-state index contributed by atoms with van der Waals surface area (Å²) >= 11 is 9.04. The normalized spacial score (nSPS) is 10.1. The second-order valence-electron chi connectivity index (χ2n) is 3.50. The van der Waals surface area contributed by atoms with Gasteiger partial charge in [0.25, 0.3) is 0 Å². The summed E-state index contributed by atoms with van der Waals surface area (Å²) < 4.78 is 5.35. The van der Waals surface area contributed by atoms with E-state index in [1.54, 1.807) is 24.3 Å². The monoisotopic (exact) mass is 341 g/mol. The van der Waals surface area contributed by atoms with E-state index in [0.717, 1.165) is 0 Å². The third-order valence-corrected chi connectivity index (χ3v) is 3.06. The van der Waals surface area contributed by atoms with E-state index in [4.69, 9.17) is 16.3 Å². The zero-order chi connectivity index (χ0) is 13.8. The number of hydrogen-bond donors (Lipinski definition) is 1. The zero-order valence-electron chi connectivity index (χ0n) is 9.85. The van der Waals surface area contributed by atoms with Crippen molar-refractivity contribution in [1.82, 2.24) is 9.97 Å². The third kappa shape index (κ3) is 3.21. The van der Waals surface area contributed by atoms with E-state index in [2.05, 4.69) is 31.2 Å². The molecule has 5 nitrogen and oxygen atoms in total.